The highest BCUT2D eigenvalue weighted by Gasteiger charge is 2.31. The molecule has 0 radical (unpaired) electrons. The van der Waals surface area contributed by atoms with Crippen LogP contribution in [0.3, 0.4) is 0 Å². The van der Waals surface area contributed by atoms with Gasteiger partial charge in [-0.15, -0.1) is 0 Å². The lowest BCUT2D eigenvalue weighted by atomic mass is 9.88. The normalized spacial score (nSPS) is 13.8. The van der Waals surface area contributed by atoms with Crippen LogP contribution in [0.4, 0.5) is 10.5 Å². The van der Waals surface area contributed by atoms with Gasteiger partial charge in [0.1, 0.15) is 0 Å². The SMILES string of the molecule is CCC(C)(CNC(=O)Nc1cnn(C(C)C)c1)C(=O)O. The van der Waals surface area contributed by atoms with Gasteiger partial charge in [0.05, 0.1) is 17.3 Å². The van der Waals surface area contributed by atoms with E-state index in [2.05, 4.69) is 15.7 Å². The number of aromatic nitrogens is 2. The maximum Gasteiger partial charge on any atom is 0.319 e. The van der Waals surface area contributed by atoms with E-state index in [1.165, 1.54) is 0 Å². The van der Waals surface area contributed by atoms with Crippen molar-refractivity contribution >= 4 is 17.7 Å². The van der Waals surface area contributed by atoms with Gasteiger partial charge < -0.3 is 15.7 Å². The lowest BCUT2D eigenvalue weighted by Gasteiger charge is -2.23. The van der Waals surface area contributed by atoms with Crippen molar-refractivity contribution in [3.63, 3.8) is 0 Å². The number of hydrogen-bond acceptors (Lipinski definition) is 3. The molecule has 0 aromatic carbocycles. The first-order chi connectivity index (χ1) is 9.28. The van der Waals surface area contributed by atoms with Crippen LogP contribution >= 0.6 is 0 Å². The molecule has 0 saturated heterocycles. The number of carbonyl (C=O) groups is 2. The number of aliphatic carboxylic acids is 1. The molecule has 1 aromatic heterocycles. The molecule has 1 atom stereocenters. The Bertz CT molecular complexity index is 484. The van der Waals surface area contributed by atoms with Crippen LogP contribution in [-0.4, -0.2) is 33.4 Å². The predicted molar refractivity (Wildman–Crippen MR) is 75.7 cm³/mol. The Morgan fingerprint density at radius 1 is 1.50 bits per heavy atom. The first-order valence-corrected chi connectivity index (χ1v) is 6.61. The molecule has 1 aromatic rings. The zero-order valence-corrected chi connectivity index (χ0v) is 12.3. The quantitative estimate of drug-likeness (QED) is 0.744. The number of rotatable bonds is 6. The molecule has 20 heavy (non-hydrogen) atoms. The number of carbonyl (C=O) groups excluding carboxylic acids is 1. The summed E-state index contributed by atoms with van der Waals surface area (Å²) in [6, 6.07) is -0.224. The molecule has 3 N–H and O–H groups in total. The summed E-state index contributed by atoms with van der Waals surface area (Å²) in [7, 11) is 0. The van der Waals surface area contributed by atoms with E-state index in [0.717, 1.165) is 0 Å². The van der Waals surface area contributed by atoms with E-state index in [1.54, 1.807) is 30.9 Å². The minimum Gasteiger partial charge on any atom is -0.481 e. The van der Waals surface area contributed by atoms with E-state index in [-0.39, 0.29) is 12.6 Å². The zero-order chi connectivity index (χ0) is 15.3. The Balaban J connectivity index is 2.53. The molecule has 0 aliphatic rings. The van der Waals surface area contributed by atoms with E-state index in [1.807, 2.05) is 13.8 Å². The first kappa shape index (κ1) is 16.0. The van der Waals surface area contributed by atoms with Crippen LogP contribution < -0.4 is 10.6 Å². The van der Waals surface area contributed by atoms with Crippen molar-refractivity contribution < 1.29 is 14.7 Å². The Morgan fingerprint density at radius 3 is 2.60 bits per heavy atom. The molecule has 0 fully saturated rings. The molecule has 1 heterocycles. The standard InChI is InChI=1S/C13H22N4O3/c1-5-13(4,11(18)19)8-14-12(20)16-10-6-15-17(7-10)9(2)3/h6-7,9H,5,8H2,1-4H3,(H,18,19)(H2,14,16,20). The van der Waals surface area contributed by atoms with Gasteiger partial charge in [0.25, 0.3) is 0 Å². The smallest absolute Gasteiger partial charge is 0.319 e. The van der Waals surface area contributed by atoms with Crippen molar-refractivity contribution in [1.82, 2.24) is 15.1 Å². The van der Waals surface area contributed by atoms with Gasteiger partial charge >= 0.3 is 12.0 Å². The van der Waals surface area contributed by atoms with E-state index in [4.69, 9.17) is 5.11 Å². The molecule has 0 spiro atoms. The van der Waals surface area contributed by atoms with Gasteiger partial charge in [0.15, 0.2) is 0 Å². The molecule has 0 aliphatic heterocycles. The summed E-state index contributed by atoms with van der Waals surface area (Å²) in [4.78, 5) is 22.8. The van der Waals surface area contributed by atoms with Gasteiger partial charge in [-0.25, -0.2) is 4.79 Å². The second-order valence-electron chi connectivity index (χ2n) is 5.33. The van der Waals surface area contributed by atoms with Crippen LogP contribution in [0.5, 0.6) is 0 Å². The van der Waals surface area contributed by atoms with E-state index >= 15 is 0 Å². The zero-order valence-electron chi connectivity index (χ0n) is 12.3. The number of anilines is 1. The molecule has 7 heteroatoms. The fourth-order valence-electron chi connectivity index (χ4n) is 1.49. The monoisotopic (exact) mass is 282 g/mol. The van der Waals surface area contributed by atoms with Gasteiger partial charge in [0.2, 0.25) is 0 Å². The molecule has 2 amide bonds. The van der Waals surface area contributed by atoms with Crippen LogP contribution in [0.2, 0.25) is 0 Å². The van der Waals surface area contributed by atoms with Crippen molar-refractivity contribution in [1.29, 1.82) is 0 Å². The maximum atomic E-state index is 11.7. The first-order valence-electron chi connectivity index (χ1n) is 6.61. The minimum atomic E-state index is -0.959. The lowest BCUT2D eigenvalue weighted by Crippen LogP contribution is -2.42. The number of carboxylic acids is 1. The second-order valence-corrected chi connectivity index (χ2v) is 5.33. The second kappa shape index (κ2) is 6.40. The third-order valence-electron chi connectivity index (χ3n) is 3.32. The van der Waals surface area contributed by atoms with Crippen molar-refractivity contribution in [3.05, 3.63) is 12.4 Å². The Morgan fingerprint density at radius 2 is 2.15 bits per heavy atom. The number of hydrogen-bond donors (Lipinski definition) is 3. The van der Waals surface area contributed by atoms with Gasteiger partial charge in [-0.05, 0) is 27.2 Å². The van der Waals surface area contributed by atoms with Gasteiger partial charge in [0, 0.05) is 18.8 Å². The highest BCUT2D eigenvalue weighted by Crippen LogP contribution is 2.20. The number of carboxylic acid groups (broad SMARTS) is 1. The molecule has 1 rings (SSSR count). The Labute approximate surface area is 118 Å². The fourth-order valence-corrected chi connectivity index (χ4v) is 1.49. The molecule has 0 saturated carbocycles. The average molecular weight is 282 g/mol. The summed E-state index contributed by atoms with van der Waals surface area (Å²) >= 11 is 0. The summed E-state index contributed by atoms with van der Waals surface area (Å²) in [5.74, 6) is -0.923. The Kier molecular flexibility index (Phi) is 5.12. The molecule has 0 bridgehead atoms. The van der Waals surface area contributed by atoms with Gasteiger partial charge in [-0.1, -0.05) is 6.92 Å². The third kappa shape index (κ3) is 3.97. The van der Waals surface area contributed by atoms with Crippen LogP contribution in [0.25, 0.3) is 0 Å². The van der Waals surface area contributed by atoms with Crippen LogP contribution in [0.15, 0.2) is 12.4 Å². The summed E-state index contributed by atoms with van der Waals surface area (Å²) < 4.78 is 1.73. The fraction of sp³-hybridized carbons (Fsp3) is 0.615. The average Bonchev–Trinajstić information content (AvgIpc) is 2.84. The third-order valence-corrected chi connectivity index (χ3v) is 3.32. The predicted octanol–water partition coefficient (Wildman–Crippen LogP) is 2.09. The molecule has 0 aliphatic carbocycles. The highest BCUT2D eigenvalue weighted by atomic mass is 16.4. The van der Waals surface area contributed by atoms with Gasteiger partial charge in [-0.2, -0.15) is 5.10 Å². The summed E-state index contributed by atoms with van der Waals surface area (Å²) in [5, 5.41) is 18.4. The number of nitrogens with zero attached hydrogens (tertiary/aromatic N) is 2. The van der Waals surface area contributed by atoms with Crippen LogP contribution in [0, 0.1) is 5.41 Å². The lowest BCUT2D eigenvalue weighted by molar-refractivity contribution is -0.147. The highest BCUT2D eigenvalue weighted by molar-refractivity contribution is 5.89. The summed E-state index contributed by atoms with van der Waals surface area (Å²) in [6.07, 6.45) is 3.71. The van der Waals surface area contributed by atoms with Crippen molar-refractivity contribution in [3.8, 4) is 0 Å². The molecule has 1 unspecified atom stereocenters. The number of amides is 2. The maximum absolute atomic E-state index is 11.7. The van der Waals surface area contributed by atoms with Crippen LogP contribution in [-0.2, 0) is 4.79 Å². The van der Waals surface area contributed by atoms with Crippen LogP contribution in [0.1, 0.15) is 40.2 Å². The minimum absolute atomic E-state index is 0.0724. The largest absolute Gasteiger partial charge is 0.481 e. The topological polar surface area (TPSA) is 96.3 Å². The number of urea groups is 1. The van der Waals surface area contributed by atoms with Crippen molar-refractivity contribution in [2.45, 2.75) is 40.2 Å². The number of nitrogens with one attached hydrogen (secondary N) is 2. The van der Waals surface area contributed by atoms with Crippen molar-refractivity contribution in [2.75, 3.05) is 11.9 Å². The van der Waals surface area contributed by atoms with E-state index in [9.17, 15) is 9.59 Å². The Hall–Kier alpha value is -2.05. The molecular weight excluding hydrogens is 260 g/mol. The molecule has 7 nitrogen and oxygen atoms in total. The molecular formula is C13H22N4O3. The van der Waals surface area contributed by atoms with E-state index < -0.39 is 17.4 Å². The summed E-state index contributed by atoms with van der Waals surface area (Å²) in [5.41, 5.74) is -0.385. The van der Waals surface area contributed by atoms with Gasteiger partial charge in [-0.3, -0.25) is 9.48 Å². The van der Waals surface area contributed by atoms with Crippen molar-refractivity contribution in [2.24, 2.45) is 5.41 Å². The van der Waals surface area contributed by atoms with E-state index in [0.29, 0.717) is 12.1 Å². The summed E-state index contributed by atoms with van der Waals surface area (Å²) in [6.45, 7) is 7.42. The molecule has 112 valence electrons.